The SMILES string of the molecule is CC(C)C(CCl)NC(=O)c1ccccc1I. The van der Waals surface area contributed by atoms with Crippen molar-refractivity contribution in [3.63, 3.8) is 0 Å². The van der Waals surface area contributed by atoms with Crippen LogP contribution in [0.4, 0.5) is 0 Å². The van der Waals surface area contributed by atoms with E-state index in [1.54, 1.807) is 0 Å². The third-order valence-electron chi connectivity index (χ3n) is 2.41. The first-order valence-electron chi connectivity index (χ1n) is 5.17. The summed E-state index contributed by atoms with van der Waals surface area (Å²) < 4.78 is 0.953. The highest BCUT2D eigenvalue weighted by molar-refractivity contribution is 14.1. The van der Waals surface area contributed by atoms with Gasteiger partial charge in [-0.3, -0.25) is 4.79 Å². The first kappa shape index (κ1) is 13.8. The molecule has 1 unspecified atom stereocenters. The molecule has 1 N–H and O–H groups in total. The third-order valence-corrected chi connectivity index (χ3v) is 3.68. The molecule has 1 aromatic carbocycles. The third kappa shape index (κ3) is 3.63. The van der Waals surface area contributed by atoms with Gasteiger partial charge in [-0.1, -0.05) is 26.0 Å². The van der Waals surface area contributed by atoms with E-state index in [1.807, 2.05) is 38.1 Å². The van der Waals surface area contributed by atoms with E-state index in [1.165, 1.54) is 0 Å². The van der Waals surface area contributed by atoms with Gasteiger partial charge in [0.1, 0.15) is 0 Å². The van der Waals surface area contributed by atoms with E-state index < -0.39 is 0 Å². The molecule has 0 spiro atoms. The summed E-state index contributed by atoms with van der Waals surface area (Å²) in [5.41, 5.74) is 0.707. The lowest BCUT2D eigenvalue weighted by Crippen LogP contribution is -2.40. The lowest BCUT2D eigenvalue weighted by molar-refractivity contribution is 0.0930. The van der Waals surface area contributed by atoms with Crippen LogP contribution in [0.15, 0.2) is 24.3 Å². The van der Waals surface area contributed by atoms with Gasteiger partial charge >= 0.3 is 0 Å². The van der Waals surface area contributed by atoms with E-state index in [2.05, 4.69) is 27.9 Å². The molecule has 0 saturated heterocycles. The highest BCUT2D eigenvalue weighted by Crippen LogP contribution is 2.12. The molecule has 0 aliphatic carbocycles. The van der Waals surface area contributed by atoms with Crippen molar-refractivity contribution in [2.75, 3.05) is 5.88 Å². The number of halogens is 2. The van der Waals surface area contributed by atoms with Gasteiger partial charge in [0.05, 0.1) is 5.56 Å². The first-order valence-corrected chi connectivity index (χ1v) is 6.79. The van der Waals surface area contributed by atoms with Gasteiger partial charge in [-0.2, -0.15) is 0 Å². The Morgan fingerprint density at radius 1 is 1.44 bits per heavy atom. The molecule has 0 aromatic heterocycles. The molecule has 0 bridgehead atoms. The standard InChI is InChI=1S/C12H15ClINO/c1-8(2)11(7-13)15-12(16)9-5-3-4-6-10(9)14/h3-6,8,11H,7H2,1-2H3,(H,15,16). The summed E-state index contributed by atoms with van der Waals surface area (Å²) in [5, 5.41) is 2.95. The Labute approximate surface area is 115 Å². The zero-order chi connectivity index (χ0) is 12.1. The maximum atomic E-state index is 12.0. The number of alkyl halides is 1. The molecule has 1 aromatic rings. The number of hydrogen-bond acceptors (Lipinski definition) is 1. The zero-order valence-corrected chi connectivity index (χ0v) is 12.2. The maximum absolute atomic E-state index is 12.0. The molecule has 1 atom stereocenters. The van der Waals surface area contributed by atoms with Gasteiger partial charge in [0.2, 0.25) is 0 Å². The second kappa shape index (κ2) is 6.45. The van der Waals surface area contributed by atoms with Gasteiger partial charge in [-0.15, -0.1) is 11.6 Å². The van der Waals surface area contributed by atoms with Gasteiger partial charge in [0.25, 0.3) is 5.91 Å². The summed E-state index contributed by atoms with van der Waals surface area (Å²) in [4.78, 5) is 12.0. The van der Waals surface area contributed by atoms with Crippen molar-refractivity contribution in [3.05, 3.63) is 33.4 Å². The molecule has 0 aliphatic rings. The minimum absolute atomic E-state index is 0.0187. The molecule has 16 heavy (non-hydrogen) atoms. The lowest BCUT2D eigenvalue weighted by Gasteiger charge is -2.20. The molecule has 0 saturated carbocycles. The van der Waals surface area contributed by atoms with Crippen LogP contribution in [0.25, 0.3) is 0 Å². The molecular formula is C12H15ClINO. The van der Waals surface area contributed by atoms with Crippen LogP contribution >= 0.6 is 34.2 Å². The number of carbonyl (C=O) groups excluding carboxylic acids is 1. The number of hydrogen-bond donors (Lipinski definition) is 1. The van der Waals surface area contributed by atoms with E-state index in [9.17, 15) is 4.79 Å². The minimum Gasteiger partial charge on any atom is -0.348 e. The molecule has 1 amide bonds. The van der Waals surface area contributed by atoms with Crippen molar-refractivity contribution in [3.8, 4) is 0 Å². The Hall–Kier alpha value is -0.290. The monoisotopic (exact) mass is 351 g/mol. The van der Waals surface area contributed by atoms with Crippen LogP contribution in [0.2, 0.25) is 0 Å². The van der Waals surface area contributed by atoms with Gasteiger partial charge in [0.15, 0.2) is 0 Å². The number of amides is 1. The summed E-state index contributed by atoms with van der Waals surface area (Å²) >= 11 is 7.98. The molecule has 0 heterocycles. The van der Waals surface area contributed by atoms with Crippen molar-refractivity contribution in [2.45, 2.75) is 19.9 Å². The van der Waals surface area contributed by atoms with E-state index >= 15 is 0 Å². The van der Waals surface area contributed by atoms with Gasteiger partial charge in [0, 0.05) is 15.5 Å². The summed E-state index contributed by atoms with van der Waals surface area (Å²) in [6.07, 6.45) is 0. The normalized spacial score (nSPS) is 12.6. The average Bonchev–Trinajstić information content (AvgIpc) is 2.25. The van der Waals surface area contributed by atoms with Crippen molar-refractivity contribution >= 4 is 40.1 Å². The summed E-state index contributed by atoms with van der Waals surface area (Å²) in [5.74, 6) is 0.722. The van der Waals surface area contributed by atoms with Crippen LogP contribution < -0.4 is 5.32 Å². The van der Waals surface area contributed by atoms with E-state index in [0.717, 1.165) is 3.57 Å². The second-order valence-electron chi connectivity index (χ2n) is 3.96. The van der Waals surface area contributed by atoms with Crippen molar-refractivity contribution in [1.82, 2.24) is 5.32 Å². The predicted octanol–water partition coefficient (Wildman–Crippen LogP) is 3.28. The van der Waals surface area contributed by atoms with Crippen LogP contribution in [0.1, 0.15) is 24.2 Å². The second-order valence-corrected chi connectivity index (χ2v) is 5.43. The minimum atomic E-state index is -0.0515. The van der Waals surface area contributed by atoms with Crippen molar-refractivity contribution in [1.29, 1.82) is 0 Å². The van der Waals surface area contributed by atoms with E-state index in [-0.39, 0.29) is 11.9 Å². The molecule has 4 heteroatoms. The van der Waals surface area contributed by atoms with Gasteiger partial charge in [-0.25, -0.2) is 0 Å². The number of nitrogens with one attached hydrogen (secondary N) is 1. The fourth-order valence-electron chi connectivity index (χ4n) is 1.27. The molecule has 88 valence electrons. The zero-order valence-electron chi connectivity index (χ0n) is 9.34. The topological polar surface area (TPSA) is 29.1 Å². The number of carbonyl (C=O) groups is 1. The first-order chi connectivity index (χ1) is 7.56. The molecule has 0 aliphatic heterocycles. The largest absolute Gasteiger partial charge is 0.348 e. The summed E-state index contributed by atoms with van der Waals surface area (Å²) in [7, 11) is 0. The fourth-order valence-corrected chi connectivity index (χ4v) is 2.34. The Balaban J connectivity index is 2.76. The van der Waals surface area contributed by atoms with Crippen LogP contribution in [-0.2, 0) is 0 Å². The van der Waals surface area contributed by atoms with Gasteiger partial charge in [-0.05, 0) is 40.6 Å². The molecule has 2 nitrogen and oxygen atoms in total. The Kier molecular flexibility index (Phi) is 5.55. The van der Waals surface area contributed by atoms with Crippen molar-refractivity contribution < 1.29 is 4.79 Å². The maximum Gasteiger partial charge on any atom is 0.252 e. The van der Waals surface area contributed by atoms with Gasteiger partial charge < -0.3 is 5.32 Å². The van der Waals surface area contributed by atoms with Crippen LogP contribution in [0.3, 0.4) is 0 Å². The molecule has 0 fully saturated rings. The number of benzene rings is 1. The van der Waals surface area contributed by atoms with E-state index in [0.29, 0.717) is 17.4 Å². The summed E-state index contributed by atoms with van der Waals surface area (Å²) in [6, 6.07) is 7.54. The lowest BCUT2D eigenvalue weighted by atomic mass is 10.1. The van der Waals surface area contributed by atoms with Crippen LogP contribution in [0.5, 0.6) is 0 Å². The van der Waals surface area contributed by atoms with Crippen molar-refractivity contribution in [2.24, 2.45) is 5.92 Å². The molecular weight excluding hydrogens is 336 g/mol. The van der Waals surface area contributed by atoms with Crippen LogP contribution in [0, 0.1) is 9.49 Å². The van der Waals surface area contributed by atoms with Crippen LogP contribution in [-0.4, -0.2) is 17.8 Å². The van der Waals surface area contributed by atoms with E-state index in [4.69, 9.17) is 11.6 Å². The smallest absolute Gasteiger partial charge is 0.252 e. The fraction of sp³-hybridized carbons (Fsp3) is 0.417. The Morgan fingerprint density at radius 3 is 2.56 bits per heavy atom. The number of rotatable bonds is 4. The Morgan fingerprint density at radius 2 is 2.06 bits per heavy atom. The highest BCUT2D eigenvalue weighted by Gasteiger charge is 2.17. The Bertz CT molecular complexity index is 368. The average molecular weight is 352 g/mol. The molecule has 0 radical (unpaired) electrons. The molecule has 1 rings (SSSR count). The summed E-state index contributed by atoms with van der Waals surface area (Å²) in [6.45, 7) is 4.09. The predicted molar refractivity (Wildman–Crippen MR) is 76.0 cm³/mol. The highest BCUT2D eigenvalue weighted by atomic mass is 127. The quantitative estimate of drug-likeness (QED) is 0.654.